The van der Waals surface area contributed by atoms with Crippen molar-refractivity contribution < 1.29 is 23.8 Å². The number of benzene rings is 1. The van der Waals surface area contributed by atoms with Gasteiger partial charge < -0.3 is 19.0 Å². The second-order valence-corrected chi connectivity index (χ2v) is 3.45. The van der Waals surface area contributed by atoms with Gasteiger partial charge in [-0.15, -0.1) is 0 Å². The van der Waals surface area contributed by atoms with Crippen LogP contribution in [0.1, 0.15) is 11.7 Å². The molecule has 2 aromatic rings. The molecule has 0 bridgehead atoms. The largest absolute Gasteiger partial charge is 0.493 e. The molecule has 2 rings (SSSR count). The Balaban J connectivity index is 2.56. The fourth-order valence-corrected chi connectivity index (χ4v) is 1.70. The molecule has 0 saturated heterocycles. The lowest BCUT2D eigenvalue weighted by atomic mass is 10.0. The van der Waals surface area contributed by atoms with Crippen LogP contribution in [0, 0.1) is 0 Å². The number of fused-ring (bicyclic) bond motifs is 1. The Bertz CT molecular complexity index is 543. The zero-order valence-corrected chi connectivity index (χ0v) is 9.47. The fraction of sp³-hybridized carbons (Fsp3) is 0.250. The molecule has 0 amide bonds. The van der Waals surface area contributed by atoms with E-state index in [0.717, 1.165) is 0 Å². The number of hydrogen-bond donors (Lipinski definition) is 1. The number of ether oxygens (including phenoxy) is 2. The van der Waals surface area contributed by atoms with Gasteiger partial charge in [-0.3, -0.25) is 0 Å². The lowest BCUT2D eigenvalue weighted by Crippen LogP contribution is -2.13. The maximum Gasteiger partial charge on any atom is 0.339 e. The summed E-state index contributed by atoms with van der Waals surface area (Å²) in [5.41, 5.74) is 0.925. The van der Waals surface area contributed by atoms with Crippen molar-refractivity contribution in [3.05, 3.63) is 30.0 Å². The molecule has 0 aliphatic heterocycles. The van der Waals surface area contributed by atoms with Crippen LogP contribution in [0.3, 0.4) is 0 Å². The number of rotatable bonds is 3. The number of hydrogen-bond acceptors (Lipinski definition) is 5. The van der Waals surface area contributed by atoms with Crippen LogP contribution < -0.4 is 4.74 Å². The van der Waals surface area contributed by atoms with Crippen molar-refractivity contribution in [2.24, 2.45) is 0 Å². The Kier molecular flexibility index (Phi) is 3.01. The number of furan rings is 1. The first-order valence-corrected chi connectivity index (χ1v) is 4.99. The van der Waals surface area contributed by atoms with Crippen molar-refractivity contribution in [1.29, 1.82) is 0 Å². The maximum absolute atomic E-state index is 11.3. The zero-order chi connectivity index (χ0) is 12.4. The van der Waals surface area contributed by atoms with E-state index in [2.05, 4.69) is 4.74 Å². The molecule has 0 saturated carbocycles. The van der Waals surface area contributed by atoms with E-state index in [4.69, 9.17) is 9.15 Å². The summed E-state index contributed by atoms with van der Waals surface area (Å²) in [6, 6.07) is 4.91. The fourth-order valence-electron chi connectivity index (χ4n) is 1.70. The minimum Gasteiger partial charge on any atom is -0.493 e. The molecule has 1 N–H and O–H groups in total. The minimum absolute atomic E-state index is 0.432. The monoisotopic (exact) mass is 236 g/mol. The Morgan fingerprint density at radius 2 is 2.12 bits per heavy atom. The predicted octanol–water partition coefficient (Wildman–Crippen LogP) is 1.65. The highest BCUT2D eigenvalue weighted by molar-refractivity contribution is 5.90. The SMILES string of the molecule is COC(=O)C(O)c1ccc(OC)c2occc12. The van der Waals surface area contributed by atoms with Crippen molar-refractivity contribution >= 4 is 16.9 Å². The summed E-state index contributed by atoms with van der Waals surface area (Å²) in [5, 5.41) is 10.4. The second kappa shape index (κ2) is 4.47. The van der Waals surface area contributed by atoms with Gasteiger partial charge in [0.2, 0.25) is 0 Å². The summed E-state index contributed by atoms with van der Waals surface area (Å²) in [4.78, 5) is 11.3. The smallest absolute Gasteiger partial charge is 0.339 e. The van der Waals surface area contributed by atoms with Gasteiger partial charge in [0.25, 0.3) is 0 Å². The molecule has 5 heteroatoms. The third-order valence-electron chi connectivity index (χ3n) is 2.55. The zero-order valence-electron chi connectivity index (χ0n) is 9.47. The molecule has 0 radical (unpaired) electrons. The molecular weight excluding hydrogens is 224 g/mol. The summed E-state index contributed by atoms with van der Waals surface area (Å²) >= 11 is 0. The Morgan fingerprint density at radius 3 is 2.76 bits per heavy atom. The van der Waals surface area contributed by atoms with E-state index in [1.165, 1.54) is 20.5 Å². The Morgan fingerprint density at radius 1 is 1.35 bits per heavy atom. The van der Waals surface area contributed by atoms with Crippen LogP contribution in [-0.4, -0.2) is 25.3 Å². The highest BCUT2D eigenvalue weighted by Gasteiger charge is 2.22. The van der Waals surface area contributed by atoms with E-state index in [-0.39, 0.29) is 0 Å². The van der Waals surface area contributed by atoms with E-state index in [1.54, 1.807) is 18.2 Å². The molecule has 1 heterocycles. The van der Waals surface area contributed by atoms with Gasteiger partial charge in [-0.1, -0.05) is 6.07 Å². The van der Waals surface area contributed by atoms with Gasteiger partial charge in [0.1, 0.15) is 0 Å². The van der Waals surface area contributed by atoms with E-state index in [1.807, 2.05) is 0 Å². The molecule has 0 aliphatic carbocycles. The molecule has 0 fully saturated rings. The van der Waals surface area contributed by atoms with Crippen LogP contribution in [0.15, 0.2) is 28.9 Å². The van der Waals surface area contributed by atoms with Gasteiger partial charge in [0.15, 0.2) is 17.4 Å². The van der Waals surface area contributed by atoms with Gasteiger partial charge in [0.05, 0.1) is 20.5 Å². The summed E-state index contributed by atoms with van der Waals surface area (Å²) < 4.78 is 14.9. The third-order valence-corrected chi connectivity index (χ3v) is 2.55. The third kappa shape index (κ3) is 1.85. The quantitative estimate of drug-likeness (QED) is 0.820. The molecular formula is C12H12O5. The van der Waals surface area contributed by atoms with Crippen molar-refractivity contribution in [2.45, 2.75) is 6.10 Å². The van der Waals surface area contributed by atoms with Crippen molar-refractivity contribution in [3.63, 3.8) is 0 Å². The van der Waals surface area contributed by atoms with Gasteiger partial charge >= 0.3 is 5.97 Å². The maximum atomic E-state index is 11.3. The second-order valence-electron chi connectivity index (χ2n) is 3.45. The van der Waals surface area contributed by atoms with Crippen molar-refractivity contribution in [3.8, 4) is 5.75 Å². The summed E-state index contributed by atoms with van der Waals surface area (Å²) in [6.45, 7) is 0. The van der Waals surface area contributed by atoms with Crippen molar-refractivity contribution in [1.82, 2.24) is 0 Å². The van der Waals surface area contributed by atoms with Gasteiger partial charge in [-0.25, -0.2) is 4.79 Å². The van der Waals surface area contributed by atoms with Gasteiger partial charge in [0, 0.05) is 10.9 Å². The van der Waals surface area contributed by atoms with Crippen LogP contribution in [0.5, 0.6) is 5.75 Å². The standard InChI is InChI=1S/C12H12O5/c1-15-9-4-3-7(10(13)12(14)16-2)8-5-6-17-11(8)9/h3-6,10,13H,1-2H3. The number of carbonyl (C=O) groups is 1. The molecule has 0 spiro atoms. The van der Waals surface area contributed by atoms with E-state index >= 15 is 0 Å². The first-order valence-electron chi connectivity index (χ1n) is 4.99. The normalized spacial score (nSPS) is 12.4. The highest BCUT2D eigenvalue weighted by Crippen LogP contribution is 2.32. The Labute approximate surface area is 97.6 Å². The molecule has 5 nitrogen and oxygen atoms in total. The molecule has 0 aliphatic rings. The molecule has 1 unspecified atom stereocenters. The lowest BCUT2D eigenvalue weighted by Gasteiger charge is -2.10. The number of methoxy groups -OCH3 is 2. The van der Waals surface area contributed by atoms with E-state index < -0.39 is 12.1 Å². The average Bonchev–Trinajstić information content (AvgIpc) is 2.84. The predicted molar refractivity (Wildman–Crippen MR) is 59.7 cm³/mol. The Hall–Kier alpha value is -2.01. The van der Waals surface area contributed by atoms with Gasteiger partial charge in [-0.05, 0) is 12.1 Å². The van der Waals surface area contributed by atoms with Crippen molar-refractivity contribution in [2.75, 3.05) is 14.2 Å². The summed E-state index contributed by atoms with van der Waals surface area (Å²) in [6.07, 6.45) is 0.145. The van der Waals surface area contributed by atoms with E-state index in [0.29, 0.717) is 22.3 Å². The molecule has 1 aromatic carbocycles. The van der Waals surface area contributed by atoms with Crippen LogP contribution in [-0.2, 0) is 9.53 Å². The van der Waals surface area contributed by atoms with Crippen LogP contribution in [0.2, 0.25) is 0 Å². The first-order chi connectivity index (χ1) is 8.19. The first kappa shape index (κ1) is 11.5. The average molecular weight is 236 g/mol. The number of esters is 1. The van der Waals surface area contributed by atoms with E-state index in [9.17, 15) is 9.90 Å². The highest BCUT2D eigenvalue weighted by atomic mass is 16.5. The van der Waals surface area contributed by atoms with Crippen LogP contribution in [0.25, 0.3) is 11.0 Å². The molecule has 90 valence electrons. The minimum atomic E-state index is -1.33. The van der Waals surface area contributed by atoms with Crippen LogP contribution in [0.4, 0.5) is 0 Å². The number of carbonyl (C=O) groups excluding carboxylic acids is 1. The molecule has 17 heavy (non-hydrogen) atoms. The van der Waals surface area contributed by atoms with Crippen LogP contribution >= 0.6 is 0 Å². The van der Waals surface area contributed by atoms with Gasteiger partial charge in [-0.2, -0.15) is 0 Å². The molecule has 1 atom stereocenters. The molecule has 1 aromatic heterocycles. The number of aliphatic hydroxyl groups is 1. The summed E-state index contributed by atoms with van der Waals surface area (Å²) in [5.74, 6) is -0.163. The topological polar surface area (TPSA) is 68.9 Å². The number of aliphatic hydroxyl groups excluding tert-OH is 1. The summed E-state index contributed by atoms with van der Waals surface area (Å²) in [7, 11) is 2.75. The lowest BCUT2D eigenvalue weighted by molar-refractivity contribution is -0.150.